The van der Waals surface area contributed by atoms with Crippen molar-refractivity contribution in [3.63, 3.8) is 0 Å². The Balaban J connectivity index is 1.86. The average molecular weight is 453 g/mol. The number of halogens is 3. The Hall–Kier alpha value is -2.48. The Morgan fingerprint density at radius 3 is 2.07 bits per heavy atom. The Labute approximate surface area is 182 Å². The summed E-state index contributed by atoms with van der Waals surface area (Å²) in [6.45, 7) is 0.143. The van der Waals surface area contributed by atoms with Gasteiger partial charge >= 0.3 is 0 Å². The van der Waals surface area contributed by atoms with Gasteiger partial charge in [0.05, 0.1) is 10.0 Å². The van der Waals surface area contributed by atoms with E-state index in [4.69, 9.17) is 40.2 Å². The molecule has 1 aliphatic rings. The number of carbonyl (C=O) groups excluding carboxylic acids is 2. The lowest BCUT2D eigenvalue weighted by Crippen LogP contribution is -2.52. The van der Waals surface area contributed by atoms with E-state index in [1.54, 1.807) is 12.1 Å². The van der Waals surface area contributed by atoms with Gasteiger partial charge in [0.15, 0.2) is 10.9 Å². The van der Waals surface area contributed by atoms with E-state index in [0.717, 1.165) is 5.56 Å². The second kappa shape index (κ2) is 8.49. The third-order valence-corrected chi connectivity index (χ3v) is 5.38. The first kappa shape index (κ1) is 21.2. The molecule has 9 heteroatoms. The number of amides is 2. The molecule has 3 rings (SSSR count). The van der Waals surface area contributed by atoms with Crippen molar-refractivity contribution in [2.45, 2.75) is 6.61 Å². The molecule has 150 valence electrons. The van der Waals surface area contributed by atoms with Crippen molar-refractivity contribution in [3.05, 3.63) is 69.0 Å². The number of benzene rings is 2. The van der Waals surface area contributed by atoms with Crippen LogP contribution in [0.2, 0.25) is 10.0 Å². The molecule has 1 aliphatic heterocycles. The summed E-state index contributed by atoms with van der Waals surface area (Å²) in [4.78, 5) is 27.3. The first-order chi connectivity index (χ1) is 13.7. The summed E-state index contributed by atoms with van der Waals surface area (Å²) in [6, 6.07) is 8.91. The normalized spacial score (nSPS) is 14.5. The third kappa shape index (κ3) is 4.42. The minimum atomic E-state index is -0.512. The second-order valence-corrected chi connectivity index (χ2v) is 7.48. The molecule has 0 spiro atoms. The molecule has 0 aromatic heterocycles. The number of hydrogen-bond donors (Lipinski definition) is 0. The van der Waals surface area contributed by atoms with Gasteiger partial charge in [-0.25, -0.2) is 4.39 Å². The van der Waals surface area contributed by atoms with E-state index < -0.39 is 11.8 Å². The fourth-order valence-electron chi connectivity index (χ4n) is 2.68. The first-order valence-corrected chi connectivity index (χ1v) is 9.53. The molecule has 5 nitrogen and oxygen atoms in total. The monoisotopic (exact) mass is 452 g/mol. The van der Waals surface area contributed by atoms with Gasteiger partial charge in [-0.15, -0.1) is 0 Å². The van der Waals surface area contributed by atoms with Gasteiger partial charge < -0.3 is 4.74 Å². The van der Waals surface area contributed by atoms with Crippen LogP contribution in [0.1, 0.15) is 11.1 Å². The van der Waals surface area contributed by atoms with E-state index >= 15 is 0 Å². The van der Waals surface area contributed by atoms with E-state index in [1.165, 1.54) is 54.2 Å². The van der Waals surface area contributed by atoms with Crippen LogP contribution in [0, 0.1) is 5.82 Å². The van der Waals surface area contributed by atoms with E-state index in [9.17, 15) is 14.0 Å². The van der Waals surface area contributed by atoms with Crippen molar-refractivity contribution in [2.24, 2.45) is 0 Å². The lowest BCUT2D eigenvalue weighted by atomic mass is 10.1. The number of rotatable bonds is 4. The lowest BCUT2D eigenvalue weighted by Gasteiger charge is -2.31. The van der Waals surface area contributed by atoms with Crippen LogP contribution >= 0.6 is 35.4 Å². The minimum absolute atomic E-state index is 0.0595. The molecule has 0 unspecified atom stereocenters. The smallest absolute Gasteiger partial charge is 0.265 e. The lowest BCUT2D eigenvalue weighted by molar-refractivity contribution is -0.132. The molecule has 29 heavy (non-hydrogen) atoms. The van der Waals surface area contributed by atoms with Crippen LogP contribution in [-0.2, 0) is 16.2 Å². The summed E-state index contributed by atoms with van der Waals surface area (Å²) in [5.74, 6) is -1.12. The van der Waals surface area contributed by atoms with E-state index in [0.29, 0.717) is 5.56 Å². The zero-order valence-electron chi connectivity index (χ0n) is 15.4. The van der Waals surface area contributed by atoms with Gasteiger partial charge in [0.25, 0.3) is 11.8 Å². The zero-order valence-corrected chi connectivity index (χ0v) is 17.7. The Bertz CT molecular complexity index is 992. The molecule has 0 aliphatic carbocycles. The number of nitrogens with zero attached hydrogens (tertiary/aromatic N) is 2. The highest BCUT2D eigenvalue weighted by atomic mass is 35.5. The van der Waals surface area contributed by atoms with Crippen LogP contribution < -0.4 is 4.74 Å². The molecule has 0 saturated carbocycles. The number of hydrogen-bond acceptors (Lipinski definition) is 4. The molecule has 2 amide bonds. The average Bonchev–Trinajstić information content (AvgIpc) is 2.69. The van der Waals surface area contributed by atoms with Crippen LogP contribution in [0.4, 0.5) is 4.39 Å². The SMILES string of the molecule is CN1C(=O)C(=Cc2cc(Cl)c(OCc3ccc(F)cc3)c(Cl)c2)C(=O)N(C)C1=S. The van der Waals surface area contributed by atoms with Gasteiger partial charge in [0.1, 0.15) is 18.0 Å². The van der Waals surface area contributed by atoms with Crippen LogP contribution in [0.15, 0.2) is 42.0 Å². The Kier molecular flexibility index (Phi) is 6.21. The van der Waals surface area contributed by atoms with Crippen molar-refractivity contribution in [1.29, 1.82) is 0 Å². The van der Waals surface area contributed by atoms with Gasteiger partial charge in [-0.3, -0.25) is 19.4 Å². The fraction of sp³-hybridized carbons (Fsp3) is 0.150. The van der Waals surface area contributed by atoms with Crippen molar-refractivity contribution >= 4 is 58.4 Å². The maximum absolute atomic E-state index is 13.0. The highest BCUT2D eigenvalue weighted by Gasteiger charge is 2.35. The van der Waals surface area contributed by atoms with Gasteiger partial charge in [0.2, 0.25) is 0 Å². The van der Waals surface area contributed by atoms with Gasteiger partial charge in [0, 0.05) is 14.1 Å². The van der Waals surface area contributed by atoms with E-state index in [1.807, 2.05) is 0 Å². The standard InChI is InChI=1S/C20H15Cl2FN2O3S/c1-24-18(26)14(19(27)25(2)20(24)29)7-12-8-15(21)17(16(22)9-12)28-10-11-3-5-13(23)6-4-11/h3-9H,10H2,1-2H3. The molecular formula is C20H15Cl2FN2O3S. The Morgan fingerprint density at radius 2 is 1.55 bits per heavy atom. The van der Waals surface area contributed by atoms with E-state index in [2.05, 4.69) is 0 Å². The molecule has 0 bridgehead atoms. The van der Waals surface area contributed by atoms with Crippen LogP contribution in [0.5, 0.6) is 5.75 Å². The third-order valence-electron chi connectivity index (χ3n) is 4.27. The van der Waals surface area contributed by atoms with Gasteiger partial charge in [-0.05, 0) is 53.7 Å². The highest BCUT2D eigenvalue weighted by Crippen LogP contribution is 2.35. The molecule has 0 N–H and O–H groups in total. The van der Waals surface area contributed by atoms with Crippen molar-refractivity contribution < 1.29 is 18.7 Å². The molecule has 1 saturated heterocycles. The van der Waals surface area contributed by atoms with Gasteiger partial charge in [-0.1, -0.05) is 35.3 Å². The van der Waals surface area contributed by atoms with Crippen LogP contribution in [0.25, 0.3) is 6.08 Å². The fourth-order valence-corrected chi connectivity index (χ4v) is 3.46. The zero-order chi connectivity index (χ0) is 21.3. The maximum atomic E-state index is 13.0. The van der Waals surface area contributed by atoms with Crippen molar-refractivity contribution in [1.82, 2.24) is 9.80 Å². The molecule has 2 aromatic rings. The summed E-state index contributed by atoms with van der Waals surface area (Å²) < 4.78 is 18.6. The number of ether oxygens (including phenoxy) is 1. The Morgan fingerprint density at radius 1 is 1.03 bits per heavy atom. The topological polar surface area (TPSA) is 49.9 Å². The summed E-state index contributed by atoms with van der Waals surface area (Å²) in [5.41, 5.74) is 1.14. The summed E-state index contributed by atoms with van der Waals surface area (Å²) in [5, 5.41) is 0.538. The van der Waals surface area contributed by atoms with Crippen molar-refractivity contribution in [2.75, 3.05) is 14.1 Å². The molecule has 1 heterocycles. The van der Waals surface area contributed by atoms with E-state index in [-0.39, 0.29) is 38.9 Å². The summed E-state index contributed by atoms with van der Waals surface area (Å²) >= 11 is 17.6. The largest absolute Gasteiger partial charge is 0.486 e. The quantitative estimate of drug-likeness (QED) is 0.394. The molecule has 2 aromatic carbocycles. The maximum Gasteiger partial charge on any atom is 0.265 e. The van der Waals surface area contributed by atoms with Crippen molar-refractivity contribution in [3.8, 4) is 5.75 Å². The highest BCUT2D eigenvalue weighted by molar-refractivity contribution is 7.80. The van der Waals surface area contributed by atoms with Crippen LogP contribution in [-0.4, -0.2) is 40.8 Å². The summed E-state index contributed by atoms with van der Waals surface area (Å²) in [7, 11) is 2.99. The van der Waals surface area contributed by atoms with Crippen LogP contribution in [0.3, 0.4) is 0 Å². The second-order valence-electron chi connectivity index (χ2n) is 6.30. The number of likely N-dealkylation sites (N-methyl/N-ethyl adjacent to an activating group) is 2. The van der Waals surface area contributed by atoms with Gasteiger partial charge in [-0.2, -0.15) is 0 Å². The molecule has 1 fully saturated rings. The predicted octanol–water partition coefficient (Wildman–Crippen LogP) is 4.31. The summed E-state index contributed by atoms with van der Waals surface area (Å²) in [6.07, 6.45) is 1.40. The number of thiocarbonyl (C=S) groups is 1. The molecular weight excluding hydrogens is 438 g/mol. The predicted molar refractivity (Wildman–Crippen MR) is 113 cm³/mol. The molecule has 0 radical (unpaired) electrons. The molecule has 0 atom stereocenters. The first-order valence-electron chi connectivity index (χ1n) is 8.37. The minimum Gasteiger partial charge on any atom is -0.486 e. The number of carbonyl (C=O) groups is 2.